The Morgan fingerprint density at radius 1 is 1.35 bits per heavy atom. The molecule has 0 fully saturated rings. The Bertz CT molecular complexity index is 701. The van der Waals surface area contributed by atoms with Crippen LogP contribution in [-0.4, -0.2) is 34.5 Å². The van der Waals surface area contributed by atoms with Gasteiger partial charge in [-0.15, -0.1) is 11.3 Å². The Hall–Kier alpha value is -1.90. The van der Waals surface area contributed by atoms with E-state index < -0.39 is 7.12 Å². The van der Waals surface area contributed by atoms with Crippen molar-refractivity contribution in [3.05, 3.63) is 34.3 Å². The van der Waals surface area contributed by atoms with Crippen LogP contribution in [0.5, 0.6) is 5.75 Å². The van der Waals surface area contributed by atoms with Crippen molar-refractivity contribution >= 4 is 35.3 Å². The third-order valence-electron chi connectivity index (χ3n) is 2.91. The van der Waals surface area contributed by atoms with E-state index >= 15 is 0 Å². The lowest BCUT2D eigenvalue weighted by Crippen LogP contribution is -2.33. The van der Waals surface area contributed by atoms with Crippen LogP contribution in [-0.2, 0) is 0 Å². The molecule has 0 unspecified atom stereocenters. The first-order valence-electron chi connectivity index (χ1n) is 7.25. The zero-order valence-electron chi connectivity index (χ0n) is 13.6. The molecule has 23 heavy (non-hydrogen) atoms. The van der Waals surface area contributed by atoms with Gasteiger partial charge in [0, 0.05) is 16.4 Å². The number of hydrogen-bond donors (Lipinski definition) is 3. The molecule has 3 N–H and O–H groups in total. The quantitative estimate of drug-likeness (QED) is 0.425. The summed E-state index contributed by atoms with van der Waals surface area (Å²) in [6, 6.07) is 3.57. The van der Waals surface area contributed by atoms with Crippen molar-refractivity contribution in [2.24, 2.45) is 5.10 Å². The molecule has 1 aromatic heterocycles. The average molecular weight is 333 g/mol. The molecule has 0 atom stereocenters. The van der Waals surface area contributed by atoms with Gasteiger partial charge in [-0.1, -0.05) is 11.6 Å². The standard InChI is InChI=1S/C15H20BN3O3S/c1-9(2)22-14-12(5-10(3)6-13(14)16(20)21)7-17-19-15-18-11(4)8-23-15/h5-9,20-21H,1-4H3,(H,18,19). The topological polar surface area (TPSA) is 87.0 Å². The van der Waals surface area contributed by atoms with Crippen LogP contribution in [0.15, 0.2) is 22.6 Å². The molecule has 0 saturated heterocycles. The first-order valence-corrected chi connectivity index (χ1v) is 8.13. The minimum absolute atomic E-state index is 0.100. The van der Waals surface area contributed by atoms with Gasteiger partial charge in [-0.2, -0.15) is 5.10 Å². The van der Waals surface area contributed by atoms with E-state index in [1.165, 1.54) is 11.3 Å². The summed E-state index contributed by atoms with van der Waals surface area (Å²) in [4.78, 5) is 4.26. The van der Waals surface area contributed by atoms with Gasteiger partial charge < -0.3 is 14.8 Å². The van der Waals surface area contributed by atoms with Gasteiger partial charge in [-0.25, -0.2) is 4.98 Å². The zero-order valence-corrected chi connectivity index (χ0v) is 14.4. The van der Waals surface area contributed by atoms with Crippen LogP contribution in [0.2, 0.25) is 0 Å². The summed E-state index contributed by atoms with van der Waals surface area (Å²) >= 11 is 1.46. The Morgan fingerprint density at radius 3 is 2.65 bits per heavy atom. The average Bonchev–Trinajstić information content (AvgIpc) is 2.86. The summed E-state index contributed by atoms with van der Waals surface area (Å²) in [5.41, 5.74) is 5.67. The molecular weight excluding hydrogens is 313 g/mol. The molecule has 2 aromatic rings. The fraction of sp³-hybridized carbons (Fsp3) is 0.333. The molecule has 0 radical (unpaired) electrons. The second-order valence-electron chi connectivity index (χ2n) is 5.48. The minimum atomic E-state index is -1.61. The predicted octanol–water partition coefficient (Wildman–Crippen LogP) is 1.67. The van der Waals surface area contributed by atoms with Crippen molar-refractivity contribution in [1.82, 2.24) is 4.98 Å². The molecule has 0 bridgehead atoms. The number of aryl methyl sites for hydroxylation is 2. The number of rotatable bonds is 6. The number of ether oxygens (including phenoxy) is 1. The summed E-state index contributed by atoms with van der Waals surface area (Å²) in [5.74, 6) is 0.418. The van der Waals surface area contributed by atoms with Gasteiger partial charge >= 0.3 is 7.12 Å². The van der Waals surface area contributed by atoms with E-state index in [2.05, 4.69) is 15.5 Å². The van der Waals surface area contributed by atoms with Crippen molar-refractivity contribution in [2.45, 2.75) is 33.8 Å². The molecular formula is C15H20BN3O3S. The lowest BCUT2D eigenvalue weighted by atomic mass is 9.77. The number of thiazole rings is 1. The number of hydrogen-bond acceptors (Lipinski definition) is 7. The van der Waals surface area contributed by atoms with Crippen molar-refractivity contribution in [1.29, 1.82) is 0 Å². The molecule has 6 nitrogen and oxygen atoms in total. The lowest BCUT2D eigenvalue weighted by molar-refractivity contribution is 0.243. The van der Waals surface area contributed by atoms with Crippen LogP contribution in [0.1, 0.15) is 30.7 Å². The molecule has 0 aliphatic heterocycles. The molecule has 0 amide bonds. The van der Waals surface area contributed by atoms with Crippen LogP contribution in [0, 0.1) is 13.8 Å². The van der Waals surface area contributed by atoms with E-state index in [1.807, 2.05) is 39.1 Å². The van der Waals surface area contributed by atoms with Crippen molar-refractivity contribution < 1.29 is 14.8 Å². The van der Waals surface area contributed by atoms with Crippen LogP contribution in [0.25, 0.3) is 0 Å². The zero-order chi connectivity index (χ0) is 17.0. The molecule has 1 heterocycles. The highest BCUT2D eigenvalue weighted by Crippen LogP contribution is 2.19. The largest absolute Gasteiger partial charge is 0.492 e. The highest BCUT2D eigenvalue weighted by Gasteiger charge is 2.21. The van der Waals surface area contributed by atoms with Gasteiger partial charge in [0.1, 0.15) is 5.75 Å². The Balaban J connectivity index is 2.31. The maximum absolute atomic E-state index is 9.58. The van der Waals surface area contributed by atoms with Crippen molar-refractivity contribution in [3.63, 3.8) is 0 Å². The first kappa shape index (κ1) is 17.5. The Labute approximate surface area is 140 Å². The number of aromatic nitrogens is 1. The second kappa shape index (κ2) is 7.58. The first-order chi connectivity index (χ1) is 10.9. The molecule has 0 aliphatic carbocycles. The number of nitrogens with zero attached hydrogens (tertiary/aromatic N) is 2. The maximum Gasteiger partial charge on any atom is 0.492 e. The van der Waals surface area contributed by atoms with E-state index in [1.54, 1.807) is 12.3 Å². The highest BCUT2D eigenvalue weighted by molar-refractivity contribution is 7.13. The van der Waals surface area contributed by atoms with Crippen LogP contribution < -0.4 is 15.6 Å². The molecule has 1 aromatic carbocycles. The smallest absolute Gasteiger partial charge is 0.491 e. The fourth-order valence-corrected chi connectivity index (χ4v) is 2.69. The van der Waals surface area contributed by atoms with E-state index in [9.17, 15) is 10.0 Å². The second-order valence-corrected chi connectivity index (χ2v) is 6.33. The maximum atomic E-state index is 9.58. The fourth-order valence-electron chi connectivity index (χ4n) is 2.05. The summed E-state index contributed by atoms with van der Waals surface area (Å²) in [7, 11) is -1.61. The van der Waals surface area contributed by atoms with Crippen molar-refractivity contribution in [3.8, 4) is 5.75 Å². The van der Waals surface area contributed by atoms with Gasteiger partial charge in [0.05, 0.1) is 18.0 Å². The summed E-state index contributed by atoms with van der Waals surface area (Å²) in [6.07, 6.45) is 1.49. The SMILES string of the molecule is Cc1cc(C=NNc2nc(C)cs2)c(OC(C)C)c(B(O)O)c1. The van der Waals surface area contributed by atoms with Gasteiger partial charge in [-0.3, -0.25) is 5.43 Å². The Morgan fingerprint density at radius 2 is 2.09 bits per heavy atom. The molecule has 8 heteroatoms. The van der Waals surface area contributed by atoms with Gasteiger partial charge in [-0.05, 0) is 33.8 Å². The third-order valence-corrected chi connectivity index (χ3v) is 3.77. The minimum Gasteiger partial charge on any atom is -0.491 e. The van der Waals surface area contributed by atoms with Gasteiger partial charge in [0.25, 0.3) is 0 Å². The van der Waals surface area contributed by atoms with Crippen LogP contribution in [0.4, 0.5) is 5.13 Å². The van der Waals surface area contributed by atoms with Crippen LogP contribution in [0.3, 0.4) is 0 Å². The Kier molecular flexibility index (Phi) is 5.76. The van der Waals surface area contributed by atoms with E-state index in [-0.39, 0.29) is 6.10 Å². The number of anilines is 1. The third kappa shape index (κ3) is 4.79. The summed E-state index contributed by atoms with van der Waals surface area (Å²) in [6.45, 7) is 7.55. The van der Waals surface area contributed by atoms with Crippen LogP contribution >= 0.6 is 11.3 Å². The van der Waals surface area contributed by atoms with Gasteiger partial charge in [0.2, 0.25) is 5.13 Å². The molecule has 2 rings (SSSR count). The van der Waals surface area contributed by atoms with Crippen molar-refractivity contribution in [2.75, 3.05) is 5.43 Å². The summed E-state index contributed by atoms with van der Waals surface area (Å²) < 4.78 is 5.75. The lowest BCUT2D eigenvalue weighted by Gasteiger charge is -2.17. The predicted molar refractivity (Wildman–Crippen MR) is 94.8 cm³/mol. The molecule has 122 valence electrons. The highest BCUT2D eigenvalue weighted by atomic mass is 32.1. The molecule has 0 spiro atoms. The number of nitrogens with one attached hydrogen (secondary N) is 1. The number of hydrazone groups is 1. The molecule has 0 saturated carbocycles. The van der Waals surface area contributed by atoms with E-state index in [0.717, 1.165) is 11.3 Å². The van der Waals surface area contributed by atoms with Gasteiger partial charge in [0.15, 0.2) is 0 Å². The summed E-state index contributed by atoms with van der Waals surface area (Å²) in [5, 5.41) is 25.9. The molecule has 0 aliphatic rings. The normalized spacial score (nSPS) is 11.3. The van der Waals surface area contributed by atoms with E-state index in [0.29, 0.717) is 21.9 Å². The monoisotopic (exact) mass is 333 g/mol. The van der Waals surface area contributed by atoms with E-state index in [4.69, 9.17) is 4.74 Å². The number of benzene rings is 1.